The van der Waals surface area contributed by atoms with Crippen LogP contribution in [0.4, 0.5) is 21.0 Å². The van der Waals surface area contributed by atoms with Gasteiger partial charge in [0.25, 0.3) is 5.91 Å². The van der Waals surface area contributed by atoms with Crippen molar-refractivity contribution in [3.8, 4) is 11.5 Å². The monoisotopic (exact) mass is 454 g/mol. The summed E-state index contributed by atoms with van der Waals surface area (Å²) in [6, 6.07) is 10.9. The minimum Gasteiger partial charge on any atom is -0.493 e. The van der Waals surface area contributed by atoms with E-state index in [1.165, 1.54) is 37.7 Å². The van der Waals surface area contributed by atoms with Gasteiger partial charge in [-0.15, -0.1) is 0 Å². The highest BCUT2D eigenvalue weighted by molar-refractivity contribution is 7.22. The van der Waals surface area contributed by atoms with Crippen LogP contribution in [0.3, 0.4) is 0 Å². The number of aliphatic hydroxyl groups is 1. The first kappa shape index (κ1) is 21.5. The molecule has 8 nitrogen and oxygen atoms in total. The molecular weight excluding hydrogens is 435 g/mol. The lowest BCUT2D eigenvalue weighted by Crippen LogP contribution is -2.14. The zero-order chi connectivity index (χ0) is 22.7. The summed E-state index contributed by atoms with van der Waals surface area (Å²) >= 11 is 1.18. The van der Waals surface area contributed by atoms with Gasteiger partial charge in [0.2, 0.25) is 0 Å². The van der Waals surface area contributed by atoms with Crippen molar-refractivity contribution in [2.45, 2.75) is 6.61 Å². The van der Waals surface area contributed by atoms with Gasteiger partial charge in [-0.25, -0.2) is 14.4 Å². The van der Waals surface area contributed by atoms with Crippen LogP contribution in [0, 0.1) is 5.82 Å². The van der Waals surface area contributed by atoms with E-state index >= 15 is 0 Å². The molecule has 0 saturated carbocycles. The van der Waals surface area contributed by atoms with E-state index in [1.54, 1.807) is 36.5 Å². The lowest BCUT2D eigenvalue weighted by atomic mass is 10.1. The number of pyridine rings is 1. The number of amides is 1. The Morgan fingerprint density at radius 3 is 2.78 bits per heavy atom. The highest BCUT2D eigenvalue weighted by Gasteiger charge is 2.17. The number of halogens is 1. The van der Waals surface area contributed by atoms with Crippen LogP contribution in [0.25, 0.3) is 10.2 Å². The van der Waals surface area contributed by atoms with Crippen molar-refractivity contribution < 1.29 is 23.8 Å². The number of methoxy groups -OCH3 is 2. The van der Waals surface area contributed by atoms with Crippen molar-refractivity contribution in [3.63, 3.8) is 0 Å². The van der Waals surface area contributed by atoms with Crippen molar-refractivity contribution in [1.82, 2.24) is 9.97 Å². The normalized spacial score (nSPS) is 10.8. The molecule has 10 heteroatoms. The molecule has 4 aromatic rings. The average Bonchev–Trinajstić information content (AvgIpc) is 3.19. The summed E-state index contributed by atoms with van der Waals surface area (Å²) in [6.07, 6.45) is 1.55. The van der Waals surface area contributed by atoms with Gasteiger partial charge in [-0.05, 0) is 36.4 Å². The Bertz CT molecular complexity index is 1270. The first-order chi connectivity index (χ1) is 15.5. The number of fused-ring (bicyclic) bond motifs is 1. The molecule has 0 aliphatic carbocycles. The number of hydrogen-bond donors (Lipinski definition) is 3. The summed E-state index contributed by atoms with van der Waals surface area (Å²) in [5, 5.41) is 15.8. The van der Waals surface area contributed by atoms with Gasteiger partial charge in [-0.2, -0.15) is 0 Å². The van der Waals surface area contributed by atoms with E-state index in [-0.39, 0.29) is 18.0 Å². The molecule has 0 aliphatic rings. The number of aromatic nitrogens is 2. The molecule has 32 heavy (non-hydrogen) atoms. The number of rotatable bonds is 7. The molecule has 0 radical (unpaired) electrons. The molecule has 2 heterocycles. The zero-order valence-electron chi connectivity index (χ0n) is 17.2. The number of anilines is 3. The first-order valence-corrected chi connectivity index (χ1v) is 10.3. The molecule has 0 aliphatic heterocycles. The van der Waals surface area contributed by atoms with E-state index in [0.717, 1.165) is 0 Å². The van der Waals surface area contributed by atoms with Gasteiger partial charge in [-0.3, -0.25) is 10.1 Å². The second kappa shape index (κ2) is 9.16. The molecule has 2 aromatic heterocycles. The number of ether oxygens (including phenoxy) is 2. The molecule has 0 bridgehead atoms. The van der Waals surface area contributed by atoms with Crippen molar-refractivity contribution in [3.05, 3.63) is 65.6 Å². The van der Waals surface area contributed by atoms with Gasteiger partial charge in [0.1, 0.15) is 11.6 Å². The summed E-state index contributed by atoms with van der Waals surface area (Å²) in [5.74, 6) is 0.350. The predicted molar refractivity (Wildman–Crippen MR) is 121 cm³/mol. The number of nitrogens with zero attached hydrogens (tertiary/aromatic N) is 2. The summed E-state index contributed by atoms with van der Waals surface area (Å²) in [4.78, 5) is 21.5. The summed E-state index contributed by atoms with van der Waals surface area (Å²) in [5.41, 5.74) is 1.93. The SMILES string of the molecule is COc1cc(Nc2ncccc2C(=O)Nc2nc3ccc(F)cc3s2)cc(CO)c1OC. The highest BCUT2D eigenvalue weighted by atomic mass is 32.1. The largest absolute Gasteiger partial charge is 0.493 e. The Hall–Kier alpha value is -3.76. The van der Waals surface area contributed by atoms with Crippen LogP contribution in [0.5, 0.6) is 11.5 Å². The standard InChI is InChI=1S/C22H19FN4O4S/c1-30-17-10-14(8-12(11-28)19(17)31-2)25-20-15(4-3-7-24-20)21(29)27-22-26-16-6-5-13(23)9-18(16)32-22/h3-10,28H,11H2,1-2H3,(H,24,25)(H,26,27,29). The van der Waals surface area contributed by atoms with Crippen molar-refractivity contribution in [2.24, 2.45) is 0 Å². The fourth-order valence-corrected chi connectivity index (χ4v) is 4.06. The van der Waals surface area contributed by atoms with E-state index < -0.39 is 5.91 Å². The van der Waals surface area contributed by atoms with Crippen molar-refractivity contribution in [1.29, 1.82) is 0 Å². The Morgan fingerprint density at radius 2 is 2.03 bits per heavy atom. The first-order valence-electron chi connectivity index (χ1n) is 9.47. The number of benzene rings is 2. The minimum absolute atomic E-state index is 0.261. The van der Waals surface area contributed by atoms with E-state index in [1.807, 2.05) is 0 Å². The third kappa shape index (κ3) is 4.32. The van der Waals surface area contributed by atoms with Gasteiger partial charge >= 0.3 is 0 Å². The number of thiazole rings is 1. The maximum absolute atomic E-state index is 13.4. The van der Waals surface area contributed by atoms with Gasteiger partial charge in [-0.1, -0.05) is 11.3 Å². The quantitative estimate of drug-likeness (QED) is 0.382. The molecule has 2 aromatic carbocycles. The Labute approximate surface area is 186 Å². The Morgan fingerprint density at radius 1 is 1.19 bits per heavy atom. The lowest BCUT2D eigenvalue weighted by molar-refractivity contribution is 0.102. The summed E-state index contributed by atoms with van der Waals surface area (Å²) < 4.78 is 24.7. The van der Waals surface area contributed by atoms with E-state index in [2.05, 4.69) is 20.6 Å². The molecule has 0 unspecified atom stereocenters. The number of hydrogen-bond acceptors (Lipinski definition) is 8. The lowest BCUT2D eigenvalue weighted by Gasteiger charge is -2.15. The second-order valence-corrected chi connectivity index (χ2v) is 7.67. The molecule has 0 fully saturated rings. The molecular formula is C22H19FN4O4S. The maximum Gasteiger partial charge on any atom is 0.261 e. The van der Waals surface area contributed by atoms with E-state index in [9.17, 15) is 14.3 Å². The minimum atomic E-state index is -0.428. The highest BCUT2D eigenvalue weighted by Crippen LogP contribution is 2.36. The van der Waals surface area contributed by atoms with Gasteiger partial charge < -0.3 is 19.9 Å². The molecule has 0 saturated heterocycles. The molecule has 4 rings (SSSR count). The van der Waals surface area contributed by atoms with Gasteiger partial charge in [0.15, 0.2) is 16.6 Å². The van der Waals surface area contributed by atoms with Crippen molar-refractivity contribution in [2.75, 3.05) is 24.9 Å². The van der Waals surface area contributed by atoms with Crippen molar-refractivity contribution >= 4 is 44.1 Å². The van der Waals surface area contributed by atoms with Gasteiger partial charge in [0.05, 0.1) is 36.6 Å². The van der Waals surface area contributed by atoms with Crippen LogP contribution >= 0.6 is 11.3 Å². The molecule has 3 N–H and O–H groups in total. The Kier molecular flexibility index (Phi) is 6.15. The molecule has 0 spiro atoms. The van der Waals surface area contributed by atoms with Crippen LogP contribution in [-0.4, -0.2) is 35.2 Å². The van der Waals surface area contributed by atoms with Crippen LogP contribution in [0.1, 0.15) is 15.9 Å². The predicted octanol–water partition coefficient (Wildman–Crippen LogP) is 4.34. The number of nitrogens with one attached hydrogen (secondary N) is 2. The number of aliphatic hydroxyl groups excluding tert-OH is 1. The number of carbonyl (C=O) groups excluding carboxylic acids is 1. The average molecular weight is 454 g/mol. The topological polar surface area (TPSA) is 106 Å². The van der Waals surface area contributed by atoms with Crippen LogP contribution in [0.2, 0.25) is 0 Å². The van der Waals surface area contributed by atoms with Crippen LogP contribution < -0.4 is 20.1 Å². The van der Waals surface area contributed by atoms with Crippen LogP contribution in [-0.2, 0) is 6.61 Å². The van der Waals surface area contributed by atoms with E-state index in [4.69, 9.17) is 9.47 Å². The van der Waals surface area contributed by atoms with Gasteiger partial charge in [0, 0.05) is 23.5 Å². The molecule has 164 valence electrons. The fourth-order valence-electron chi connectivity index (χ4n) is 3.17. The van der Waals surface area contributed by atoms with E-state index in [0.29, 0.717) is 43.9 Å². The van der Waals surface area contributed by atoms with Crippen LogP contribution in [0.15, 0.2) is 48.7 Å². The number of carbonyl (C=O) groups is 1. The zero-order valence-corrected chi connectivity index (χ0v) is 18.0. The maximum atomic E-state index is 13.4. The summed E-state index contributed by atoms with van der Waals surface area (Å²) in [7, 11) is 2.98. The third-order valence-corrected chi connectivity index (χ3v) is 5.55. The second-order valence-electron chi connectivity index (χ2n) is 6.64. The Balaban J connectivity index is 1.62. The third-order valence-electron chi connectivity index (χ3n) is 4.61. The summed E-state index contributed by atoms with van der Waals surface area (Å²) in [6.45, 7) is -0.261. The fraction of sp³-hybridized carbons (Fsp3) is 0.136. The smallest absolute Gasteiger partial charge is 0.261 e. The molecule has 1 amide bonds. The molecule has 0 atom stereocenters.